The number of urea groups is 1. The Morgan fingerprint density at radius 2 is 1.66 bits per heavy atom. The highest BCUT2D eigenvalue weighted by Gasteiger charge is 2.06. The highest BCUT2D eigenvalue weighted by Crippen LogP contribution is 2.21. The lowest BCUT2D eigenvalue weighted by Gasteiger charge is -2.10. The van der Waals surface area contributed by atoms with E-state index in [2.05, 4.69) is 31.2 Å². The Hall–Kier alpha value is -3.91. The monoisotopic (exact) mass is 405 g/mol. The summed E-state index contributed by atoms with van der Waals surface area (Å²) in [5, 5.41) is 21.5. The Kier molecular flexibility index (Phi) is 5.35. The van der Waals surface area contributed by atoms with E-state index < -0.39 is 0 Å². The van der Waals surface area contributed by atoms with Crippen LogP contribution in [0.15, 0.2) is 79.1 Å². The summed E-state index contributed by atoms with van der Waals surface area (Å²) in [6, 6.07) is 19.3. The van der Waals surface area contributed by atoms with Crippen molar-refractivity contribution in [1.29, 1.82) is 0 Å². The number of rotatable bonds is 5. The Labute approximate surface area is 171 Å². The number of benzene rings is 2. The van der Waals surface area contributed by atoms with Crippen LogP contribution in [0.5, 0.6) is 0 Å². The molecule has 9 heteroatoms. The predicted octanol–water partition coefficient (Wildman–Crippen LogP) is 4.70. The van der Waals surface area contributed by atoms with Gasteiger partial charge in [-0.1, -0.05) is 23.7 Å². The smallest absolute Gasteiger partial charge is 0.323 e. The van der Waals surface area contributed by atoms with Crippen LogP contribution in [0.25, 0.3) is 5.82 Å². The van der Waals surface area contributed by atoms with Gasteiger partial charge in [-0.25, -0.2) is 9.48 Å². The van der Waals surface area contributed by atoms with Crippen LogP contribution in [0.4, 0.5) is 27.7 Å². The SMILES string of the molecule is O=C(Nc1ccc(Nc2ccc(-n3cccn3)nn2)cc1)Nc1ccccc1Cl. The second kappa shape index (κ2) is 8.41. The summed E-state index contributed by atoms with van der Waals surface area (Å²) in [5.74, 6) is 1.22. The fraction of sp³-hybridized carbons (Fsp3) is 0. The molecule has 0 radical (unpaired) electrons. The molecule has 29 heavy (non-hydrogen) atoms. The summed E-state index contributed by atoms with van der Waals surface area (Å²) >= 11 is 6.04. The zero-order valence-electron chi connectivity index (χ0n) is 15.1. The lowest BCUT2D eigenvalue weighted by Crippen LogP contribution is -2.19. The van der Waals surface area contributed by atoms with Gasteiger partial charge in [-0.2, -0.15) is 5.10 Å². The van der Waals surface area contributed by atoms with Gasteiger partial charge in [-0.15, -0.1) is 10.2 Å². The number of amides is 2. The predicted molar refractivity (Wildman–Crippen MR) is 113 cm³/mol. The van der Waals surface area contributed by atoms with Crippen molar-refractivity contribution in [2.24, 2.45) is 0 Å². The molecular weight excluding hydrogens is 390 g/mol. The van der Waals surface area contributed by atoms with Crippen LogP contribution in [0.3, 0.4) is 0 Å². The van der Waals surface area contributed by atoms with Crippen molar-refractivity contribution >= 4 is 40.5 Å². The molecule has 2 aromatic heterocycles. The summed E-state index contributed by atoms with van der Waals surface area (Å²) in [6.07, 6.45) is 3.48. The number of aromatic nitrogens is 4. The van der Waals surface area contributed by atoms with Crippen LogP contribution in [0, 0.1) is 0 Å². The highest BCUT2D eigenvalue weighted by molar-refractivity contribution is 6.33. The minimum atomic E-state index is -0.376. The standard InChI is InChI=1S/C20H16ClN7O/c21-16-4-1-2-5-17(16)25-20(29)24-15-8-6-14(7-9-15)23-18-10-11-19(27-26-18)28-13-3-12-22-28/h1-13H,(H,23,26)(H2,24,25,29). The minimum Gasteiger partial charge on any atom is -0.339 e. The van der Waals surface area contributed by atoms with Crippen molar-refractivity contribution in [1.82, 2.24) is 20.0 Å². The van der Waals surface area contributed by atoms with Crippen molar-refractivity contribution in [2.75, 3.05) is 16.0 Å². The Balaban J connectivity index is 1.35. The molecule has 2 heterocycles. The molecule has 0 bridgehead atoms. The molecule has 0 spiro atoms. The number of nitrogens with zero attached hydrogens (tertiary/aromatic N) is 4. The summed E-state index contributed by atoms with van der Waals surface area (Å²) in [7, 11) is 0. The first-order valence-corrected chi connectivity index (χ1v) is 9.08. The van der Waals surface area contributed by atoms with Crippen LogP contribution in [0.1, 0.15) is 0 Å². The normalized spacial score (nSPS) is 10.4. The molecule has 3 N–H and O–H groups in total. The van der Waals surface area contributed by atoms with Gasteiger partial charge in [0.25, 0.3) is 0 Å². The van der Waals surface area contributed by atoms with Gasteiger partial charge in [0.05, 0.1) is 10.7 Å². The zero-order valence-corrected chi connectivity index (χ0v) is 15.8. The second-order valence-corrected chi connectivity index (χ2v) is 6.40. The van der Waals surface area contributed by atoms with Crippen LogP contribution in [0.2, 0.25) is 5.02 Å². The molecular formula is C20H16ClN7O. The van der Waals surface area contributed by atoms with Crippen molar-refractivity contribution < 1.29 is 4.79 Å². The molecule has 2 amide bonds. The van der Waals surface area contributed by atoms with Crippen LogP contribution < -0.4 is 16.0 Å². The van der Waals surface area contributed by atoms with Crippen molar-refractivity contribution in [3.8, 4) is 5.82 Å². The summed E-state index contributed by atoms with van der Waals surface area (Å²) < 4.78 is 1.63. The van der Waals surface area contributed by atoms with Crippen molar-refractivity contribution in [3.05, 3.63) is 84.1 Å². The van der Waals surface area contributed by atoms with E-state index in [0.29, 0.717) is 28.0 Å². The number of halogens is 1. The van der Waals surface area contributed by atoms with E-state index in [1.165, 1.54) is 0 Å². The molecule has 0 saturated carbocycles. The highest BCUT2D eigenvalue weighted by atomic mass is 35.5. The Morgan fingerprint density at radius 1 is 0.862 bits per heavy atom. The molecule has 8 nitrogen and oxygen atoms in total. The molecule has 144 valence electrons. The first-order valence-electron chi connectivity index (χ1n) is 8.71. The Morgan fingerprint density at radius 3 is 2.34 bits per heavy atom. The van der Waals surface area contributed by atoms with Gasteiger partial charge in [0.1, 0.15) is 0 Å². The first kappa shape index (κ1) is 18.5. The largest absolute Gasteiger partial charge is 0.339 e. The van der Waals surface area contributed by atoms with E-state index in [4.69, 9.17) is 11.6 Å². The van der Waals surface area contributed by atoms with Crippen molar-refractivity contribution in [2.45, 2.75) is 0 Å². The lowest BCUT2D eigenvalue weighted by atomic mass is 10.2. The van der Waals surface area contributed by atoms with E-state index in [1.54, 1.807) is 53.5 Å². The van der Waals surface area contributed by atoms with Gasteiger partial charge < -0.3 is 16.0 Å². The third kappa shape index (κ3) is 4.69. The van der Waals surface area contributed by atoms with E-state index in [0.717, 1.165) is 5.69 Å². The van der Waals surface area contributed by atoms with Crippen molar-refractivity contribution in [3.63, 3.8) is 0 Å². The van der Waals surface area contributed by atoms with Gasteiger partial charge in [-0.05, 0) is 54.6 Å². The molecule has 0 unspecified atom stereocenters. The molecule has 0 aliphatic rings. The quantitative estimate of drug-likeness (QED) is 0.447. The van der Waals surface area contributed by atoms with Gasteiger partial charge in [0.2, 0.25) is 0 Å². The number of nitrogens with one attached hydrogen (secondary N) is 3. The topological polar surface area (TPSA) is 96.8 Å². The number of carbonyl (C=O) groups is 1. The zero-order chi connectivity index (χ0) is 20.1. The number of carbonyl (C=O) groups excluding carboxylic acids is 1. The molecule has 0 aliphatic heterocycles. The van der Waals surface area contributed by atoms with E-state index in [1.807, 2.05) is 30.3 Å². The Bertz CT molecular complexity index is 1100. The molecule has 0 fully saturated rings. The van der Waals surface area contributed by atoms with Gasteiger partial charge in [-0.3, -0.25) is 0 Å². The fourth-order valence-corrected chi connectivity index (χ4v) is 2.73. The molecule has 4 aromatic rings. The third-order valence-corrected chi connectivity index (χ3v) is 4.26. The summed E-state index contributed by atoms with van der Waals surface area (Å²) in [4.78, 5) is 12.1. The maximum Gasteiger partial charge on any atom is 0.323 e. The molecule has 0 aliphatic carbocycles. The van der Waals surface area contributed by atoms with E-state index in [9.17, 15) is 4.79 Å². The minimum absolute atomic E-state index is 0.376. The maximum absolute atomic E-state index is 12.1. The van der Waals surface area contributed by atoms with E-state index >= 15 is 0 Å². The summed E-state index contributed by atoms with van der Waals surface area (Å²) in [6.45, 7) is 0. The lowest BCUT2D eigenvalue weighted by molar-refractivity contribution is 0.262. The number of hydrogen-bond acceptors (Lipinski definition) is 5. The van der Waals surface area contributed by atoms with E-state index in [-0.39, 0.29) is 6.03 Å². The molecule has 0 saturated heterocycles. The molecule has 2 aromatic carbocycles. The maximum atomic E-state index is 12.1. The van der Waals surface area contributed by atoms with Gasteiger partial charge in [0, 0.05) is 23.8 Å². The van der Waals surface area contributed by atoms with Gasteiger partial charge in [0.15, 0.2) is 11.6 Å². The number of hydrogen-bond donors (Lipinski definition) is 3. The average Bonchev–Trinajstić information content (AvgIpc) is 3.27. The van der Waals surface area contributed by atoms with Crippen LogP contribution in [-0.4, -0.2) is 26.0 Å². The fourth-order valence-electron chi connectivity index (χ4n) is 2.55. The summed E-state index contributed by atoms with van der Waals surface area (Å²) in [5.41, 5.74) is 1.99. The number of anilines is 4. The van der Waals surface area contributed by atoms with Crippen LogP contribution in [-0.2, 0) is 0 Å². The number of para-hydroxylation sites is 1. The second-order valence-electron chi connectivity index (χ2n) is 5.99. The third-order valence-electron chi connectivity index (χ3n) is 3.93. The van der Waals surface area contributed by atoms with Crippen LogP contribution >= 0.6 is 11.6 Å². The molecule has 0 atom stereocenters. The first-order chi connectivity index (χ1) is 14.2. The average molecular weight is 406 g/mol. The molecule has 4 rings (SSSR count). The van der Waals surface area contributed by atoms with Gasteiger partial charge >= 0.3 is 6.03 Å².